The summed E-state index contributed by atoms with van der Waals surface area (Å²) < 4.78 is 16.7. The first-order chi connectivity index (χ1) is 38.2. The normalized spacial score (nSPS) is 18.9. The van der Waals surface area contributed by atoms with Crippen LogP contribution in [0.15, 0.2) is 60.8 Å². The molecule has 1 fully saturated rings. The third kappa shape index (κ3) is 45.0. The largest absolute Gasteiger partial charge is 0.466 e. The lowest BCUT2D eigenvalue weighted by Gasteiger charge is -2.40. The van der Waals surface area contributed by atoms with E-state index in [1.807, 2.05) is 6.08 Å². The van der Waals surface area contributed by atoms with Crippen LogP contribution in [0, 0.1) is 0 Å². The zero-order valence-corrected chi connectivity index (χ0v) is 50.1. The maximum atomic E-state index is 13.1. The first kappa shape index (κ1) is 73.4. The number of aliphatic hydroxyl groups is 5. The molecular formula is C67H121NO10. The summed E-state index contributed by atoms with van der Waals surface area (Å²) in [6.07, 6.45) is 63.1. The summed E-state index contributed by atoms with van der Waals surface area (Å²) in [5.41, 5.74) is 0. The highest BCUT2D eigenvalue weighted by molar-refractivity contribution is 5.76. The van der Waals surface area contributed by atoms with E-state index >= 15 is 0 Å². The molecule has 1 saturated heterocycles. The van der Waals surface area contributed by atoms with Crippen LogP contribution in [0.4, 0.5) is 0 Å². The number of ether oxygens (including phenoxy) is 3. The van der Waals surface area contributed by atoms with Crippen molar-refractivity contribution in [2.24, 2.45) is 0 Å². The fourth-order valence-corrected chi connectivity index (χ4v) is 9.91. The molecule has 7 atom stereocenters. The second-order valence-corrected chi connectivity index (χ2v) is 22.5. The monoisotopic (exact) mass is 1100 g/mol. The molecule has 0 saturated carbocycles. The number of unbranched alkanes of at least 4 members (excludes halogenated alkanes) is 34. The van der Waals surface area contributed by atoms with Gasteiger partial charge in [0.15, 0.2) is 6.29 Å². The number of allylic oxidation sites excluding steroid dienone is 9. The van der Waals surface area contributed by atoms with E-state index in [9.17, 15) is 35.1 Å². The minimum absolute atomic E-state index is 0.0206. The second kappa shape index (κ2) is 56.2. The van der Waals surface area contributed by atoms with E-state index in [0.29, 0.717) is 19.4 Å². The van der Waals surface area contributed by atoms with Crippen LogP contribution in [-0.4, -0.2) is 100 Å². The van der Waals surface area contributed by atoms with Gasteiger partial charge < -0.3 is 45.1 Å². The van der Waals surface area contributed by atoms with Gasteiger partial charge in [-0.25, -0.2) is 0 Å². The van der Waals surface area contributed by atoms with Crippen molar-refractivity contribution in [2.45, 2.75) is 333 Å². The van der Waals surface area contributed by atoms with Crippen LogP contribution in [0.25, 0.3) is 0 Å². The quantitative estimate of drug-likeness (QED) is 0.0195. The Morgan fingerprint density at radius 1 is 0.474 bits per heavy atom. The Morgan fingerprint density at radius 3 is 1.35 bits per heavy atom. The highest BCUT2D eigenvalue weighted by Gasteiger charge is 2.44. The first-order valence-electron chi connectivity index (χ1n) is 32.6. The lowest BCUT2D eigenvalue weighted by atomic mass is 9.99. The van der Waals surface area contributed by atoms with Gasteiger partial charge in [-0.1, -0.05) is 248 Å². The van der Waals surface area contributed by atoms with Crippen molar-refractivity contribution in [2.75, 3.05) is 19.8 Å². The van der Waals surface area contributed by atoms with E-state index in [0.717, 1.165) is 103 Å². The molecule has 0 bridgehead atoms. The number of esters is 1. The highest BCUT2D eigenvalue weighted by Crippen LogP contribution is 2.23. The first-order valence-corrected chi connectivity index (χ1v) is 32.6. The predicted molar refractivity (Wildman–Crippen MR) is 324 cm³/mol. The van der Waals surface area contributed by atoms with Gasteiger partial charge in [-0.15, -0.1) is 0 Å². The average Bonchev–Trinajstić information content (AvgIpc) is 3.44. The molecule has 1 aliphatic heterocycles. The summed E-state index contributed by atoms with van der Waals surface area (Å²) in [6, 6.07) is -0.819. The third-order valence-electron chi connectivity index (χ3n) is 15.1. The molecule has 0 spiro atoms. The molecule has 0 aromatic carbocycles. The molecule has 454 valence electrons. The van der Waals surface area contributed by atoms with Crippen LogP contribution < -0.4 is 5.32 Å². The Morgan fingerprint density at radius 2 is 0.885 bits per heavy atom. The van der Waals surface area contributed by atoms with Crippen LogP contribution in [0.1, 0.15) is 290 Å². The lowest BCUT2D eigenvalue weighted by molar-refractivity contribution is -0.302. The van der Waals surface area contributed by atoms with Gasteiger partial charge in [0.25, 0.3) is 0 Å². The van der Waals surface area contributed by atoms with E-state index in [-0.39, 0.29) is 18.5 Å². The molecule has 0 aromatic heterocycles. The highest BCUT2D eigenvalue weighted by atomic mass is 16.7. The van der Waals surface area contributed by atoms with Gasteiger partial charge in [-0.3, -0.25) is 9.59 Å². The molecule has 7 unspecified atom stereocenters. The average molecular weight is 1100 g/mol. The molecule has 1 aliphatic rings. The standard InChI is InChI=1S/C67H121NO10/c1-3-5-7-9-11-13-15-17-30-33-37-41-45-49-53-60(70)59(58-77-67-66(75)65(74)64(73)61(57-69)78-67)68-62(71)54-50-46-42-38-34-31-27-25-23-21-19-18-20-22-24-26-28-32-36-40-44-48-52-56-76-63(72)55-51-47-43-39-35-29-16-14-12-10-8-6-4-2/h8,10,14,16,18,20-21,23,49,53,59-61,64-67,69-70,73-75H,3-7,9,11-13,15,17,19,22,24-48,50-52,54-58H2,1-2H3,(H,68,71)/b10-8-,16-14-,20-18-,23-21-,53-49+. The Bertz CT molecular complexity index is 1480. The van der Waals surface area contributed by atoms with Gasteiger partial charge in [0.2, 0.25) is 5.91 Å². The fourth-order valence-electron chi connectivity index (χ4n) is 9.91. The number of hydrogen-bond donors (Lipinski definition) is 6. The zero-order chi connectivity index (χ0) is 56.6. The van der Waals surface area contributed by atoms with Crippen molar-refractivity contribution in [3.05, 3.63) is 60.8 Å². The molecule has 78 heavy (non-hydrogen) atoms. The maximum Gasteiger partial charge on any atom is 0.305 e. The van der Waals surface area contributed by atoms with Crippen LogP contribution >= 0.6 is 0 Å². The van der Waals surface area contributed by atoms with Crippen molar-refractivity contribution in [3.8, 4) is 0 Å². The summed E-state index contributed by atoms with van der Waals surface area (Å²) in [5, 5.41) is 54.5. The van der Waals surface area contributed by atoms with Gasteiger partial charge in [0, 0.05) is 12.8 Å². The van der Waals surface area contributed by atoms with Crippen molar-refractivity contribution < 1.29 is 49.3 Å². The van der Waals surface area contributed by atoms with Crippen molar-refractivity contribution in [3.63, 3.8) is 0 Å². The topological polar surface area (TPSA) is 175 Å². The Kier molecular flexibility index (Phi) is 52.9. The molecule has 0 aliphatic carbocycles. The Hall–Kier alpha value is -2.64. The molecule has 11 heteroatoms. The summed E-state index contributed by atoms with van der Waals surface area (Å²) in [5.74, 6) is -0.213. The molecule has 6 N–H and O–H groups in total. The smallest absolute Gasteiger partial charge is 0.305 e. The lowest BCUT2D eigenvalue weighted by Crippen LogP contribution is -2.60. The van der Waals surface area contributed by atoms with Crippen LogP contribution in [-0.2, 0) is 23.8 Å². The van der Waals surface area contributed by atoms with E-state index in [1.54, 1.807) is 6.08 Å². The van der Waals surface area contributed by atoms with Crippen molar-refractivity contribution >= 4 is 11.9 Å². The number of hydrogen-bond acceptors (Lipinski definition) is 10. The summed E-state index contributed by atoms with van der Waals surface area (Å²) in [6.45, 7) is 4.27. The SMILES string of the molecule is CCC/C=C\C/C=C\CCCCCCCC(=O)OCCCCCCCCCCC/C=C\C/C=C\CCCCCCCCCC(=O)NC(COC1OC(CO)C(O)C(O)C1O)C(O)/C=C/CCCCCCCCCCCCCC. The number of rotatable bonds is 56. The van der Waals surface area contributed by atoms with Gasteiger partial charge in [-0.2, -0.15) is 0 Å². The molecule has 1 rings (SSSR count). The van der Waals surface area contributed by atoms with Crippen molar-refractivity contribution in [1.29, 1.82) is 0 Å². The minimum Gasteiger partial charge on any atom is -0.466 e. The number of aliphatic hydroxyl groups excluding tert-OH is 5. The number of carbonyl (C=O) groups is 2. The zero-order valence-electron chi connectivity index (χ0n) is 50.1. The van der Waals surface area contributed by atoms with E-state index in [4.69, 9.17) is 14.2 Å². The second-order valence-electron chi connectivity index (χ2n) is 22.5. The molecule has 11 nitrogen and oxygen atoms in total. The van der Waals surface area contributed by atoms with Crippen LogP contribution in [0.5, 0.6) is 0 Å². The van der Waals surface area contributed by atoms with Crippen LogP contribution in [0.2, 0.25) is 0 Å². The third-order valence-corrected chi connectivity index (χ3v) is 15.1. The van der Waals surface area contributed by atoms with Crippen molar-refractivity contribution in [1.82, 2.24) is 5.32 Å². The number of amides is 1. The molecule has 0 radical (unpaired) electrons. The van der Waals surface area contributed by atoms with Crippen LogP contribution in [0.3, 0.4) is 0 Å². The predicted octanol–water partition coefficient (Wildman–Crippen LogP) is 15.8. The molecular weight excluding hydrogens is 979 g/mol. The molecule has 1 amide bonds. The van der Waals surface area contributed by atoms with Gasteiger partial charge >= 0.3 is 5.97 Å². The van der Waals surface area contributed by atoms with Gasteiger partial charge in [0.1, 0.15) is 24.4 Å². The Labute approximate surface area is 478 Å². The van der Waals surface area contributed by atoms with Gasteiger partial charge in [-0.05, 0) is 89.9 Å². The number of carbonyl (C=O) groups excluding carboxylic acids is 2. The summed E-state index contributed by atoms with van der Waals surface area (Å²) in [7, 11) is 0. The fraction of sp³-hybridized carbons (Fsp3) is 0.821. The summed E-state index contributed by atoms with van der Waals surface area (Å²) in [4.78, 5) is 25.1. The maximum absolute atomic E-state index is 13.1. The number of nitrogens with one attached hydrogen (secondary N) is 1. The molecule has 0 aromatic rings. The van der Waals surface area contributed by atoms with Gasteiger partial charge in [0.05, 0.1) is 32.0 Å². The van der Waals surface area contributed by atoms with E-state index < -0.39 is 49.5 Å². The van der Waals surface area contributed by atoms with E-state index in [1.165, 1.54) is 161 Å². The Balaban J connectivity index is 2.07. The summed E-state index contributed by atoms with van der Waals surface area (Å²) >= 11 is 0. The minimum atomic E-state index is -1.58. The van der Waals surface area contributed by atoms with E-state index in [2.05, 4.69) is 67.8 Å². The molecule has 1 heterocycles.